The van der Waals surface area contributed by atoms with Crippen molar-refractivity contribution in [2.45, 2.75) is 6.92 Å². The van der Waals surface area contributed by atoms with E-state index in [-0.39, 0.29) is 6.03 Å². The molecule has 0 radical (unpaired) electrons. The van der Waals surface area contributed by atoms with E-state index in [2.05, 4.69) is 6.92 Å². The molecule has 1 atom stereocenters. The highest BCUT2D eigenvalue weighted by atomic mass is 35.5. The Morgan fingerprint density at radius 3 is 2.24 bits per heavy atom. The molecule has 1 aliphatic heterocycles. The zero-order valence-electron chi connectivity index (χ0n) is 11.9. The van der Waals surface area contributed by atoms with Crippen molar-refractivity contribution in [3.63, 3.8) is 0 Å². The molecule has 2 aromatic rings. The van der Waals surface area contributed by atoms with E-state index in [1.807, 2.05) is 59.5 Å². The van der Waals surface area contributed by atoms with Gasteiger partial charge in [0.05, 0.1) is 0 Å². The number of carbonyl (C=O) groups is 1. The molecule has 4 heteroatoms. The highest BCUT2D eigenvalue weighted by Crippen LogP contribution is 2.28. The largest absolute Gasteiger partial charge is 0.328 e. The van der Waals surface area contributed by atoms with Crippen LogP contribution in [-0.4, -0.2) is 19.1 Å². The molecule has 2 amide bonds. The fraction of sp³-hybridized carbons (Fsp3) is 0.235. The Kier molecular flexibility index (Phi) is 3.84. The minimum atomic E-state index is 0.00145. The van der Waals surface area contributed by atoms with Gasteiger partial charge in [-0.05, 0) is 36.2 Å². The standard InChI is InChI=1S/C17H17ClN2O/c1-13-11-19(15-7-3-2-4-8-15)17(21)20(12-13)16-9-5-6-14(18)10-16/h2-10,13H,11-12H2,1H3. The third-order valence-electron chi connectivity index (χ3n) is 3.64. The number of hydrogen-bond donors (Lipinski definition) is 0. The normalized spacial score (nSPS) is 19.0. The molecule has 3 nitrogen and oxygen atoms in total. The van der Waals surface area contributed by atoms with Crippen LogP contribution in [0.15, 0.2) is 54.6 Å². The summed E-state index contributed by atoms with van der Waals surface area (Å²) in [6.45, 7) is 3.60. The summed E-state index contributed by atoms with van der Waals surface area (Å²) in [5.74, 6) is 0.391. The van der Waals surface area contributed by atoms with Gasteiger partial charge < -0.3 is 0 Å². The fourth-order valence-electron chi connectivity index (χ4n) is 2.67. The van der Waals surface area contributed by atoms with Crippen molar-refractivity contribution < 1.29 is 4.79 Å². The van der Waals surface area contributed by atoms with Crippen LogP contribution in [0, 0.1) is 5.92 Å². The van der Waals surface area contributed by atoms with E-state index >= 15 is 0 Å². The van der Waals surface area contributed by atoms with E-state index in [0.29, 0.717) is 17.5 Å². The number of amides is 2. The molecule has 1 unspecified atom stereocenters. The van der Waals surface area contributed by atoms with Gasteiger partial charge in [-0.3, -0.25) is 9.80 Å². The number of halogens is 1. The first kappa shape index (κ1) is 14.0. The maximum Gasteiger partial charge on any atom is 0.328 e. The molecule has 0 aromatic heterocycles. The van der Waals surface area contributed by atoms with Crippen LogP contribution in [-0.2, 0) is 0 Å². The van der Waals surface area contributed by atoms with E-state index < -0.39 is 0 Å². The maximum atomic E-state index is 12.8. The van der Waals surface area contributed by atoms with Crippen molar-refractivity contribution in [2.24, 2.45) is 5.92 Å². The van der Waals surface area contributed by atoms with E-state index in [9.17, 15) is 4.79 Å². The van der Waals surface area contributed by atoms with Crippen molar-refractivity contribution >= 4 is 29.0 Å². The summed E-state index contributed by atoms with van der Waals surface area (Å²) in [7, 11) is 0. The Bertz CT molecular complexity index is 644. The molecule has 3 rings (SSSR count). The molecule has 21 heavy (non-hydrogen) atoms. The lowest BCUT2D eigenvalue weighted by atomic mass is 10.1. The number of rotatable bonds is 2. The third kappa shape index (κ3) is 2.88. The highest BCUT2D eigenvalue weighted by molar-refractivity contribution is 6.31. The monoisotopic (exact) mass is 300 g/mol. The summed E-state index contributed by atoms with van der Waals surface area (Å²) >= 11 is 6.05. The Labute approximate surface area is 129 Å². The lowest BCUT2D eigenvalue weighted by Crippen LogP contribution is -2.53. The van der Waals surface area contributed by atoms with Crippen molar-refractivity contribution in [1.29, 1.82) is 0 Å². The predicted molar refractivity (Wildman–Crippen MR) is 87.1 cm³/mol. The summed E-state index contributed by atoms with van der Waals surface area (Å²) in [5.41, 5.74) is 1.78. The van der Waals surface area contributed by atoms with Crippen LogP contribution in [0.4, 0.5) is 16.2 Å². The molecule has 0 saturated carbocycles. The number of benzene rings is 2. The molecule has 1 fully saturated rings. The van der Waals surface area contributed by atoms with Crippen molar-refractivity contribution in [3.05, 3.63) is 59.6 Å². The van der Waals surface area contributed by atoms with Gasteiger partial charge in [-0.15, -0.1) is 0 Å². The first-order chi connectivity index (χ1) is 10.1. The minimum absolute atomic E-state index is 0.00145. The molecule has 1 heterocycles. The van der Waals surface area contributed by atoms with E-state index in [1.54, 1.807) is 4.90 Å². The number of urea groups is 1. The van der Waals surface area contributed by atoms with Crippen LogP contribution >= 0.6 is 11.6 Å². The van der Waals surface area contributed by atoms with Gasteiger partial charge in [0.1, 0.15) is 0 Å². The number of anilines is 2. The fourth-order valence-corrected chi connectivity index (χ4v) is 2.85. The highest BCUT2D eigenvalue weighted by Gasteiger charge is 2.31. The van der Waals surface area contributed by atoms with Crippen LogP contribution in [0.25, 0.3) is 0 Å². The molecule has 2 aromatic carbocycles. The second kappa shape index (κ2) is 5.78. The average Bonchev–Trinajstić information content (AvgIpc) is 2.50. The van der Waals surface area contributed by atoms with Crippen molar-refractivity contribution in [2.75, 3.05) is 22.9 Å². The topological polar surface area (TPSA) is 23.6 Å². The van der Waals surface area contributed by atoms with E-state index in [1.165, 1.54) is 0 Å². The Hall–Kier alpha value is -2.00. The summed E-state index contributed by atoms with van der Waals surface area (Å²) in [5, 5.41) is 0.643. The number of para-hydroxylation sites is 1. The van der Waals surface area contributed by atoms with Crippen LogP contribution in [0.5, 0.6) is 0 Å². The Balaban J connectivity index is 1.94. The summed E-state index contributed by atoms with van der Waals surface area (Å²) in [6.07, 6.45) is 0. The average molecular weight is 301 g/mol. The molecule has 1 aliphatic rings. The quantitative estimate of drug-likeness (QED) is 0.805. The van der Waals surface area contributed by atoms with Gasteiger partial charge in [0.2, 0.25) is 0 Å². The zero-order valence-corrected chi connectivity index (χ0v) is 12.6. The van der Waals surface area contributed by atoms with Gasteiger partial charge in [0.25, 0.3) is 0 Å². The van der Waals surface area contributed by atoms with Gasteiger partial charge >= 0.3 is 6.03 Å². The minimum Gasteiger partial charge on any atom is -0.294 e. The van der Waals surface area contributed by atoms with E-state index in [4.69, 9.17) is 11.6 Å². The van der Waals surface area contributed by atoms with Gasteiger partial charge in [0.15, 0.2) is 0 Å². The summed E-state index contributed by atoms with van der Waals surface area (Å²) in [4.78, 5) is 16.4. The molecule has 0 bridgehead atoms. The summed E-state index contributed by atoms with van der Waals surface area (Å²) in [6, 6.07) is 17.2. The molecular formula is C17H17ClN2O. The lowest BCUT2D eigenvalue weighted by Gasteiger charge is -2.39. The molecule has 1 saturated heterocycles. The van der Waals surface area contributed by atoms with Gasteiger partial charge in [-0.2, -0.15) is 0 Å². The number of nitrogens with zero attached hydrogens (tertiary/aromatic N) is 2. The second-order valence-corrected chi connectivity index (χ2v) is 5.86. The Morgan fingerprint density at radius 1 is 0.952 bits per heavy atom. The van der Waals surface area contributed by atoms with Gasteiger partial charge in [-0.25, -0.2) is 4.79 Å². The molecule has 0 spiro atoms. The SMILES string of the molecule is CC1CN(c2ccccc2)C(=O)N(c2cccc(Cl)c2)C1. The zero-order chi connectivity index (χ0) is 14.8. The number of hydrogen-bond acceptors (Lipinski definition) is 1. The molecule has 108 valence electrons. The smallest absolute Gasteiger partial charge is 0.294 e. The Morgan fingerprint density at radius 2 is 1.57 bits per heavy atom. The lowest BCUT2D eigenvalue weighted by molar-refractivity contribution is 0.245. The van der Waals surface area contributed by atoms with Gasteiger partial charge in [0, 0.05) is 29.5 Å². The van der Waals surface area contributed by atoms with Crippen LogP contribution in [0.1, 0.15) is 6.92 Å². The van der Waals surface area contributed by atoms with Crippen LogP contribution in [0.2, 0.25) is 5.02 Å². The van der Waals surface area contributed by atoms with Crippen molar-refractivity contribution in [1.82, 2.24) is 0 Å². The summed E-state index contributed by atoms with van der Waals surface area (Å²) < 4.78 is 0. The van der Waals surface area contributed by atoms with Crippen LogP contribution in [0.3, 0.4) is 0 Å². The van der Waals surface area contributed by atoms with E-state index in [0.717, 1.165) is 17.9 Å². The molecule has 0 N–H and O–H groups in total. The molecule has 0 aliphatic carbocycles. The molecular weight excluding hydrogens is 284 g/mol. The maximum absolute atomic E-state index is 12.8. The van der Waals surface area contributed by atoms with Gasteiger partial charge in [-0.1, -0.05) is 42.8 Å². The number of carbonyl (C=O) groups excluding carboxylic acids is 1. The first-order valence-electron chi connectivity index (χ1n) is 7.05. The van der Waals surface area contributed by atoms with Crippen LogP contribution < -0.4 is 9.80 Å². The second-order valence-electron chi connectivity index (χ2n) is 5.42. The first-order valence-corrected chi connectivity index (χ1v) is 7.42. The van der Waals surface area contributed by atoms with Crippen molar-refractivity contribution in [3.8, 4) is 0 Å². The third-order valence-corrected chi connectivity index (χ3v) is 3.87. The predicted octanol–water partition coefficient (Wildman–Crippen LogP) is 4.42.